The number of hydrogen-bond donors (Lipinski definition) is 0. The van der Waals surface area contributed by atoms with Crippen LogP contribution in [-0.2, 0) is 21.3 Å². The average Bonchev–Trinajstić information content (AvgIpc) is 3.50. The summed E-state index contributed by atoms with van der Waals surface area (Å²) in [7, 11) is 1.97. The Morgan fingerprint density at radius 1 is 1.16 bits per heavy atom. The van der Waals surface area contributed by atoms with E-state index in [4.69, 9.17) is 14.6 Å². The maximum atomic E-state index is 13.4. The molecule has 8 heteroatoms. The van der Waals surface area contributed by atoms with Crippen molar-refractivity contribution < 1.29 is 18.7 Å². The number of likely N-dealkylation sites (tertiary alicyclic amines) is 1. The van der Waals surface area contributed by atoms with E-state index in [0.717, 1.165) is 42.9 Å². The first-order valence-corrected chi connectivity index (χ1v) is 10.8. The number of hydrogen-bond acceptors (Lipinski definition) is 5. The van der Waals surface area contributed by atoms with Gasteiger partial charge in [0, 0.05) is 51.3 Å². The predicted molar refractivity (Wildman–Crippen MR) is 113 cm³/mol. The lowest BCUT2D eigenvalue weighted by Gasteiger charge is -2.37. The van der Waals surface area contributed by atoms with Gasteiger partial charge in [0.25, 0.3) is 5.91 Å². The molecule has 0 saturated carbocycles. The molecule has 1 atom stereocenters. The quantitative estimate of drug-likeness (QED) is 0.754. The standard InChI is InChI=1S/C23H27FN4O3/c1-26-10-2-3-20(26)21-15-19(17-4-6-18(24)7-5-17)25-28(21)22(29)16-27-11-8-23(9-12-27)30-13-14-31-23/h2-7,10,21H,8-9,11-16H2,1H3/t21-/m1/s1. The number of piperidine rings is 1. The summed E-state index contributed by atoms with van der Waals surface area (Å²) in [5.74, 6) is -0.771. The van der Waals surface area contributed by atoms with Crippen LogP contribution >= 0.6 is 0 Å². The number of aryl methyl sites for hydroxylation is 1. The molecule has 31 heavy (non-hydrogen) atoms. The Hall–Kier alpha value is -2.55. The van der Waals surface area contributed by atoms with Gasteiger partial charge < -0.3 is 14.0 Å². The van der Waals surface area contributed by atoms with Gasteiger partial charge in [0.1, 0.15) is 11.9 Å². The number of nitrogens with zero attached hydrogens (tertiary/aromatic N) is 4. The van der Waals surface area contributed by atoms with Crippen molar-refractivity contribution >= 4 is 11.6 Å². The zero-order chi connectivity index (χ0) is 21.4. The summed E-state index contributed by atoms with van der Waals surface area (Å²) in [6, 6.07) is 10.1. The van der Waals surface area contributed by atoms with E-state index in [1.165, 1.54) is 12.1 Å². The number of halogens is 1. The van der Waals surface area contributed by atoms with Crippen molar-refractivity contribution in [3.8, 4) is 0 Å². The highest BCUT2D eigenvalue weighted by molar-refractivity contribution is 6.03. The monoisotopic (exact) mass is 426 g/mol. The molecule has 5 rings (SSSR count). The molecule has 1 spiro atoms. The van der Waals surface area contributed by atoms with Crippen molar-refractivity contribution in [2.75, 3.05) is 32.8 Å². The van der Waals surface area contributed by atoms with Crippen molar-refractivity contribution in [3.63, 3.8) is 0 Å². The molecule has 3 aliphatic heterocycles. The molecule has 164 valence electrons. The molecule has 2 aromatic rings. The molecule has 0 unspecified atom stereocenters. The summed E-state index contributed by atoms with van der Waals surface area (Å²) in [6.45, 7) is 3.10. The Morgan fingerprint density at radius 3 is 2.52 bits per heavy atom. The van der Waals surface area contributed by atoms with Crippen LogP contribution in [0.25, 0.3) is 0 Å². The summed E-state index contributed by atoms with van der Waals surface area (Å²) in [4.78, 5) is 15.5. The number of hydrazone groups is 1. The van der Waals surface area contributed by atoms with Crippen molar-refractivity contribution in [3.05, 3.63) is 59.7 Å². The molecule has 1 aromatic heterocycles. The molecular weight excluding hydrogens is 399 g/mol. The summed E-state index contributed by atoms with van der Waals surface area (Å²) in [6.07, 6.45) is 4.11. The Kier molecular flexibility index (Phi) is 5.37. The van der Waals surface area contributed by atoms with Gasteiger partial charge >= 0.3 is 0 Å². The first-order chi connectivity index (χ1) is 15.0. The number of aromatic nitrogens is 1. The van der Waals surface area contributed by atoms with Crippen LogP contribution in [0.5, 0.6) is 0 Å². The highest BCUT2D eigenvalue weighted by Crippen LogP contribution is 2.34. The van der Waals surface area contributed by atoms with Gasteiger partial charge in [-0.2, -0.15) is 5.10 Å². The van der Waals surface area contributed by atoms with E-state index < -0.39 is 5.79 Å². The van der Waals surface area contributed by atoms with Gasteiger partial charge in [-0.1, -0.05) is 12.1 Å². The second kappa shape index (κ2) is 8.18. The minimum absolute atomic E-state index is 0.0347. The minimum Gasteiger partial charge on any atom is -0.353 e. The second-order valence-corrected chi connectivity index (χ2v) is 8.44. The lowest BCUT2D eigenvalue weighted by molar-refractivity contribution is -0.186. The first-order valence-electron chi connectivity index (χ1n) is 10.8. The number of amides is 1. The zero-order valence-corrected chi connectivity index (χ0v) is 17.7. The van der Waals surface area contributed by atoms with E-state index in [2.05, 4.69) is 4.90 Å². The molecule has 0 aliphatic carbocycles. The molecule has 0 N–H and O–H groups in total. The van der Waals surface area contributed by atoms with Gasteiger partial charge in [-0.3, -0.25) is 9.69 Å². The van der Waals surface area contributed by atoms with Gasteiger partial charge in [0.2, 0.25) is 0 Å². The number of benzene rings is 1. The Bertz CT molecular complexity index is 971. The van der Waals surface area contributed by atoms with Gasteiger partial charge in [-0.05, 0) is 29.8 Å². The zero-order valence-electron chi connectivity index (χ0n) is 17.7. The van der Waals surface area contributed by atoms with Gasteiger partial charge in [-0.15, -0.1) is 0 Å². The molecule has 2 saturated heterocycles. The molecule has 1 aromatic carbocycles. The molecular formula is C23H27FN4O3. The van der Waals surface area contributed by atoms with E-state index in [9.17, 15) is 9.18 Å². The summed E-state index contributed by atoms with van der Waals surface area (Å²) >= 11 is 0. The average molecular weight is 426 g/mol. The number of rotatable bonds is 4. The highest BCUT2D eigenvalue weighted by Gasteiger charge is 2.41. The van der Waals surface area contributed by atoms with E-state index >= 15 is 0 Å². The summed E-state index contributed by atoms with van der Waals surface area (Å²) in [5, 5.41) is 6.30. The third-order valence-corrected chi connectivity index (χ3v) is 6.46. The fourth-order valence-electron chi connectivity index (χ4n) is 4.71. The van der Waals surface area contributed by atoms with Gasteiger partial charge in [0.15, 0.2) is 5.79 Å². The fourth-order valence-corrected chi connectivity index (χ4v) is 4.71. The van der Waals surface area contributed by atoms with E-state index in [0.29, 0.717) is 26.2 Å². The third kappa shape index (κ3) is 4.03. The molecule has 0 bridgehead atoms. The van der Waals surface area contributed by atoms with E-state index in [1.807, 2.05) is 29.9 Å². The summed E-state index contributed by atoms with van der Waals surface area (Å²) in [5.41, 5.74) is 2.66. The Morgan fingerprint density at radius 2 is 1.87 bits per heavy atom. The van der Waals surface area contributed by atoms with Crippen LogP contribution in [0, 0.1) is 5.82 Å². The van der Waals surface area contributed by atoms with Crippen molar-refractivity contribution in [2.45, 2.75) is 31.1 Å². The first kappa shape index (κ1) is 20.4. The Balaban J connectivity index is 1.33. The smallest absolute Gasteiger partial charge is 0.257 e. The van der Waals surface area contributed by atoms with Crippen LogP contribution in [0.2, 0.25) is 0 Å². The molecule has 7 nitrogen and oxygen atoms in total. The highest BCUT2D eigenvalue weighted by atomic mass is 19.1. The maximum absolute atomic E-state index is 13.4. The fraction of sp³-hybridized carbons (Fsp3) is 0.478. The van der Waals surface area contributed by atoms with Crippen molar-refractivity contribution in [1.29, 1.82) is 0 Å². The topological polar surface area (TPSA) is 59.3 Å². The van der Waals surface area contributed by atoms with Crippen LogP contribution < -0.4 is 0 Å². The maximum Gasteiger partial charge on any atom is 0.257 e. The normalized spacial score (nSPS) is 23.5. The SMILES string of the molecule is Cn1cccc1[C@H]1CC(c2ccc(F)cc2)=NN1C(=O)CN1CCC2(CC1)OCCO2. The second-order valence-electron chi connectivity index (χ2n) is 8.44. The molecule has 0 radical (unpaired) electrons. The molecule has 2 fully saturated rings. The number of ether oxygens (including phenoxy) is 2. The lowest BCUT2D eigenvalue weighted by atomic mass is 10.0. The Labute approximate surface area is 181 Å². The third-order valence-electron chi connectivity index (χ3n) is 6.46. The van der Waals surface area contributed by atoms with E-state index in [-0.39, 0.29) is 17.8 Å². The number of carbonyl (C=O) groups excluding carboxylic acids is 1. The van der Waals surface area contributed by atoms with E-state index in [1.54, 1.807) is 17.1 Å². The minimum atomic E-state index is -0.452. The van der Waals surface area contributed by atoms with Crippen molar-refractivity contribution in [2.24, 2.45) is 12.1 Å². The van der Waals surface area contributed by atoms with Gasteiger partial charge in [-0.25, -0.2) is 9.40 Å². The van der Waals surface area contributed by atoms with Crippen LogP contribution in [0.4, 0.5) is 4.39 Å². The molecule has 1 amide bonds. The molecule has 3 aliphatic rings. The van der Waals surface area contributed by atoms with Gasteiger partial charge in [0.05, 0.1) is 25.5 Å². The van der Waals surface area contributed by atoms with Crippen LogP contribution in [0.1, 0.15) is 36.6 Å². The van der Waals surface area contributed by atoms with Crippen LogP contribution in [0.15, 0.2) is 47.7 Å². The van der Waals surface area contributed by atoms with Crippen LogP contribution in [-0.4, -0.2) is 64.7 Å². The molecule has 4 heterocycles. The number of carbonyl (C=O) groups is 1. The van der Waals surface area contributed by atoms with Crippen LogP contribution in [0.3, 0.4) is 0 Å². The van der Waals surface area contributed by atoms with Crippen molar-refractivity contribution in [1.82, 2.24) is 14.5 Å². The summed E-state index contributed by atoms with van der Waals surface area (Å²) < 4.78 is 27.0. The lowest BCUT2D eigenvalue weighted by Crippen LogP contribution is -2.48. The predicted octanol–water partition coefficient (Wildman–Crippen LogP) is 2.68. The largest absolute Gasteiger partial charge is 0.353 e.